The maximum atomic E-state index is 13.0. The fourth-order valence-corrected chi connectivity index (χ4v) is 2.67. The maximum absolute atomic E-state index is 13.0. The second kappa shape index (κ2) is 6.72. The van der Waals surface area contributed by atoms with Crippen LogP contribution in [0.1, 0.15) is 22.3 Å². The molecule has 1 aromatic carbocycles. The van der Waals surface area contributed by atoms with Crippen molar-refractivity contribution in [2.24, 2.45) is 5.73 Å². The van der Waals surface area contributed by atoms with E-state index >= 15 is 0 Å². The molecule has 1 rings (SSSR count). The molecule has 1 nitrogen and oxygen atoms in total. The molecule has 2 N–H and O–H groups in total. The number of hydrogen-bond acceptors (Lipinski definition) is 1. The molecule has 7 heteroatoms. The molecule has 0 aliphatic carbocycles. The van der Waals surface area contributed by atoms with Crippen molar-refractivity contribution in [3.05, 3.63) is 25.8 Å². The van der Waals surface area contributed by atoms with E-state index in [1.165, 1.54) is 13.8 Å². The van der Waals surface area contributed by atoms with Gasteiger partial charge in [0.25, 0.3) is 0 Å². The topological polar surface area (TPSA) is 26.0 Å². The summed E-state index contributed by atoms with van der Waals surface area (Å²) in [7, 11) is 0. The zero-order chi connectivity index (χ0) is 12.7. The van der Waals surface area contributed by atoms with E-state index in [0.717, 1.165) is 5.56 Å². The molecule has 0 saturated heterocycles. The van der Waals surface area contributed by atoms with Gasteiger partial charge in [-0.1, -0.05) is 11.1 Å². The Hall–Kier alpha value is 1.40. The molecular formula is C10H13BF3IKN. The van der Waals surface area contributed by atoms with Gasteiger partial charge in [-0.3, -0.25) is 0 Å². The standard InChI is InChI=1S/C10H13BF3IN.K/c1-5-8(4-16)6(2)10(15)7(3)9(5)11(12,13)14;/h4,16H2,1-3H3;/q-1;+1. The summed E-state index contributed by atoms with van der Waals surface area (Å²) in [4.78, 5) is 0. The predicted molar refractivity (Wildman–Crippen MR) is 70.0 cm³/mol. The third-order valence-electron chi connectivity index (χ3n) is 2.90. The van der Waals surface area contributed by atoms with Crippen LogP contribution in [0, 0.1) is 24.3 Å². The van der Waals surface area contributed by atoms with Crippen molar-refractivity contribution in [2.45, 2.75) is 27.3 Å². The molecule has 0 bridgehead atoms. The smallest absolute Gasteiger partial charge is 0.445 e. The number of nitrogens with two attached hydrogens (primary N) is 1. The third kappa shape index (κ3) is 3.70. The first-order chi connectivity index (χ1) is 7.21. The van der Waals surface area contributed by atoms with Gasteiger partial charge in [-0.25, -0.2) is 0 Å². The van der Waals surface area contributed by atoms with E-state index in [4.69, 9.17) is 5.73 Å². The van der Waals surface area contributed by atoms with Crippen molar-refractivity contribution in [2.75, 3.05) is 0 Å². The van der Waals surface area contributed by atoms with E-state index < -0.39 is 12.4 Å². The second-order valence-corrected chi connectivity index (χ2v) is 4.94. The van der Waals surface area contributed by atoms with Crippen LogP contribution in [0.25, 0.3) is 0 Å². The Morgan fingerprint density at radius 3 is 1.88 bits per heavy atom. The first-order valence-electron chi connectivity index (χ1n) is 4.89. The Morgan fingerprint density at radius 1 is 1.06 bits per heavy atom. The largest absolute Gasteiger partial charge is 1.00 e. The minimum absolute atomic E-state index is 0. The van der Waals surface area contributed by atoms with Crippen LogP contribution in [-0.2, 0) is 6.54 Å². The normalized spacial score (nSPS) is 11.3. The Bertz CT molecular complexity index is 435. The Balaban J connectivity index is 0.00000256. The summed E-state index contributed by atoms with van der Waals surface area (Å²) in [5.41, 5.74) is 7.12. The van der Waals surface area contributed by atoms with Crippen molar-refractivity contribution in [1.29, 1.82) is 0 Å². The molecule has 0 heterocycles. The molecular weight excluding hydrogens is 368 g/mol. The van der Waals surface area contributed by atoms with Crippen molar-refractivity contribution in [3.63, 3.8) is 0 Å². The van der Waals surface area contributed by atoms with Crippen LogP contribution >= 0.6 is 22.6 Å². The molecule has 90 valence electrons. The van der Waals surface area contributed by atoms with E-state index in [2.05, 4.69) is 0 Å². The monoisotopic (exact) mass is 381 g/mol. The van der Waals surface area contributed by atoms with Crippen LogP contribution < -0.4 is 62.6 Å². The van der Waals surface area contributed by atoms with Gasteiger partial charge < -0.3 is 18.7 Å². The predicted octanol–water partition coefficient (Wildman–Crippen LogP) is -0.266. The van der Waals surface area contributed by atoms with Crippen LogP contribution in [0.5, 0.6) is 0 Å². The Morgan fingerprint density at radius 2 is 1.53 bits per heavy atom. The van der Waals surface area contributed by atoms with Gasteiger partial charge in [0.2, 0.25) is 0 Å². The average Bonchev–Trinajstić information content (AvgIpc) is 2.13. The van der Waals surface area contributed by atoms with Crippen molar-refractivity contribution in [1.82, 2.24) is 0 Å². The first-order valence-corrected chi connectivity index (χ1v) is 5.97. The quantitative estimate of drug-likeness (QED) is 0.555. The van der Waals surface area contributed by atoms with Gasteiger partial charge in [0.1, 0.15) is 0 Å². The van der Waals surface area contributed by atoms with Crippen LogP contribution in [0.2, 0.25) is 0 Å². The number of halogens is 4. The van der Waals surface area contributed by atoms with Crippen LogP contribution in [0.15, 0.2) is 0 Å². The van der Waals surface area contributed by atoms with Gasteiger partial charge in [-0.15, -0.1) is 5.46 Å². The van der Waals surface area contributed by atoms with Gasteiger partial charge >= 0.3 is 58.4 Å². The maximum Gasteiger partial charge on any atom is 1.00 e. The summed E-state index contributed by atoms with van der Waals surface area (Å²) in [5.74, 6) is 0. The molecule has 0 unspecified atom stereocenters. The summed E-state index contributed by atoms with van der Waals surface area (Å²) in [6, 6.07) is 0. The van der Waals surface area contributed by atoms with Crippen molar-refractivity contribution in [3.8, 4) is 0 Å². The molecule has 0 aromatic heterocycles. The number of benzene rings is 1. The number of rotatable bonds is 2. The van der Waals surface area contributed by atoms with Gasteiger partial charge in [-0.2, -0.15) is 0 Å². The summed E-state index contributed by atoms with van der Waals surface area (Å²) < 4.78 is 39.5. The second-order valence-electron chi connectivity index (χ2n) is 3.86. The van der Waals surface area contributed by atoms with Gasteiger partial charge in [0.05, 0.1) is 0 Å². The zero-order valence-electron chi connectivity index (χ0n) is 10.4. The molecule has 0 aliphatic rings. The number of hydrogen-bond donors (Lipinski definition) is 1. The molecule has 0 saturated carbocycles. The van der Waals surface area contributed by atoms with E-state index in [1.54, 1.807) is 0 Å². The van der Waals surface area contributed by atoms with E-state index in [9.17, 15) is 12.9 Å². The van der Waals surface area contributed by atoms with Gasteiger partial charge in [0.15, 0.2) is 0 Å². The third-order valence-corrected chi connectivity index (χ3v) is 4.52. The molecule has 17 heavy (non-hydrogen) atoms. The van der Waals surface area contributed by atoms with E-state index in [0.29, 0.717) is 14.7 Å². The summed E-state index contributed by atoms with van der Waals surface area (Å²) >= 11 is 1.95. The minimum Gasteiger partial charge on any atom is -0.445 e. The fraction of sp³-hybridized carbons (Fsp3) is 0.400. The minimum atomic E-state index is -4.98. The summed E-state index contributed by atoms with van der Waals surface area (Å²) in [6.07, 6.45) is 0. The molecule has 0 atom stereocenters. The Labute approximate surface area is 156 Å². The average molecular weight is 381 g/mol. The molecule has 0 radical (unpaired) electrons. The van der Waals surface area contributed by atoms with Gasteiger partial charge in [0, 0.05) is 10.1 Å². The molecule has 0 fully saturated rings. The van der Waals surface area contributed by atoms with Crippen LogP contribution in [0.3, 0.4) is 0 Å². The summed E-state index contributed by atoms with van der Waals surface area (Å²) in [5, 5.41) is 0. The molecule has 1 aromatic rings. The van der Waals surface area contributed by atoms with E-state index in [1.807, 2.05) is 29.5 Å². The molecule has 0 aliphatic heterocycles. The van der Waals surface area contributed by atoms with Gasteiger partial charge in [-0.05, 0) is 54.5 Å². The van der Waals surface area contributed by atoms with Crippen LogP contribution in [0.4, 0.5) is 12.9 Å². The molecule has 0 spiro atoms. The van der Waals surface area contributed by atoms with E-state index in [-0.39, 0.29) is 63.5 Å². The van der Waals surface area contributed by atoms with Crippen molar-refractivity contribution < 1.29 is 64.3 Å². The first kappa shape index (κ1) is 18.4. The van der Waals surface area contributed by atoms with Crippen LogP contribution in [-0.4, -0.2) is 6.98 Å². The zero-order valence-corrected chi connectivity index (χ0v) is 15.7. The fourth-order valence-electron chi connectivity index (χ4n) is 2.05. The SMILES string of the molecule is Cc1c(I)c(C)c([B-](F)(F)F)c(C)c1CN.[K+]. The van der Waals surface area contributed by atoms with Crippen molar-refractivity contribution >= 4 is 35.0 Å². The molecule has 0 amide bonds. The summed E-state index contributed by atoms with van der Waals surface area (Å²) in [6.45, 7) is 0.0101. The Kier molecular flexibility index (Phi) is 7.27.